The molecule has 1 atom stereocenters. The standard InChI is InChI=1S/C9H20N2O3S/c1-3-5-8(10)9(12)11-6-7-15(13,14)4-2/h8H,3-7,10H2,1-2H3,(H,11,12)/t8-/m1/s1. The van der Waals surface area contributed by atoms with Crippen LogP contribution in [0.5, 0.6) is 0 Å². The predicted molar refractivity (Wildman–Crippen MR) is 60.2 cm³/mol. The molecular formula is C9H20N2O3S. The first-order valence-electron chi connectivity index (χ1n) is 5.16. The average molecular weight is 236 g/mol. The normalized spacial score (nSPS) is 13.5. The van der Waals surface area contributed by atoms with Crippen LogP contribution in [0.25, 0.3) is 0 Å². The quantitative estimate of drug-likeness (QED) is 0.633. The minimum atomic E-state index is -3.01. The fraction of sp³-hybridized carbons (Fsp3) is 0.889. The van der Waals surface area contributed by atoms with Crippen molar-refractivity contribution < 1.29 is 13.2 Å². The van der Waals surface area contributed by atoms with Gasteiger partial charge in [0.2, 0.25) is 5.91 Å². The maximum Gasteiger partial charge on any atom is 0.236 e. The monoisotopic (exact) mass is 236 g/mol. The first kappa shape index (κ1) is 14.4. The molecular weight excluding hydrogens is 216 g/mol. The molecule has 0 bridgehead atoms. The number of hydrogen-bond acceptors (Lipinski definition) is 4. The molecule has 0 fully saturated rings. The molecule has 5 nitrogen and oxygen atoms in total. The van der Waals surface area contributed by atoms with Gasteiger partial charge in [-0.15, -0.1) is 0 Å². The number of amides is 1. The van der Waals surface area contributed by atoms with Crippen LogP contribution < -0.4 is 11.1 Å². The van der Waals surface area contributed by atoms with Crippen molar-refractivity contribution >= 4 is 15.7 Å². The van der Waals surface area contributed by atoms with Gasteiger partial charge in [0.1, 0.15) is 0 Å². The molecule has 0 spiro atoms. The molecule has 15 heavy (non-hydrogen) atoms. The summed E-state index contributed by atoms with van der Waals surface area (Å²) in [4.78, 5) is 11.3. The molecule has 0 aliphatic heterocycles. The number of nitrogens with two attached hydrogens (primary N) is 1. The summed E-state index contributed by atoms with van der Waals surface area (Å²) in [6.07, 6.45) is 1.45. The van der Waals surface area contributed by atoms with E-state index in [1.54, 1.807) is 6.92 Å². The molecule has 0 aliphatic rings. The molecule has 0 saturated heterocycles. The molecule has 0 heterocycles. The Labute approximate surface area is 91.3 Å². The predicted octanol–water partition coefficient (Wildman–Crippen LogP) is -0.335. The van der Waals surface area contributed by atoms with Gasteiger partial charge >= 0.3 is 0 Å². The highest BCUT2D eigenvalue weighted by molar-refractivity contribution is 7.91. The zero-order valence-electron chi connectivity index (χ0n) is 9.32. The minimum absolute atomic E-state index is 0.0198. The van der Waals surface area contributed by atoms with E-state index in [0.717, 1.165) is 6.42 Å². The van der Waals surface area contributed by atoms with Gasteiger partial charge in [-0.1, -0.05) is 20.3 Å². The smallest absolute Gasteiger partial charge is 0.236 e. The first-order chi connectivity index (χ1) is 6.93. The number of carbonyl (C=O) groups excluding carboxylic acids is 1. The Morgan fingerprint density at radius 1 is 1.40 bits per heavy atom. The lowest BCUT2D eigenvalue weighted by Crippen LogP contribution is -2.42. The Morgan fingerprint density at radius 2 is 2.00 bits per heavy atom. The van der Waals surface area contributed by atoms with Gasteiger partial charge in [-0.3, -0.25) is 4.79 Å². The molecule has 0 aromatic carbocycles. The van der Waals surface area contributed by atoms with Gasteiger partial charge in [0.25, 0.3) is 0 Å². The van der Waals surface area contributed by atoms with E-state index in [9.17, 15) is 13.2 Å². The molecule has 1 amide bonds. The Morgan fingerprint density at radius 3 is 2.47 bits per heavy atom. The summed E-state index contributed by atoms with van der Waals surface area (Å²) in [6.45, 7) is 3.67. The van der Waals surface area contributed by atoms with Crippen LogP contribution in [0.3, 0.4) is 0 Å². The third-order valence-electron chi connectivity index (χ3n) is 2.09. The molecule has 6 heteroatoms. The van der Waals surface area contributed by atoms with Crippen LogP contribution in [-0.4, -0.2) is 38.4 Å². The fourth-order valence-electron chi connectivity index (χ4n) is 1.05. The third kappa shape index (κ3) is 6.46. The second-order valence-electron chi connectivity index (χ2n) is 3.42. The SMILES string of the molecule is CCC[C@@H](N)C(=O)NCCS(=O)(=O)CC. The fourth-order valence-corrected chi connectivity index (χ4v) is 1.75. The summed E-state index contributed by atoms with van der Waals surface area (Å²) in [7, 11) is -3.01. The van der Waals surface area contributed by atoms with Crippen molar-refractivity contribution in [2.45, 2.75) is 32.7 Å². The molecule has 0 saturated carbocycles. The van der Waals surface area contributed by atoms with E-state index in [4.69, 9.17) is 5.73 Å². The van der Waals surface area contributed by atoms with E-state index in [2.05, 4.69) is 5.32 Å². The molecule has 0 radical (unpaired) electrons. The summed E-state index contributed by atoms with van der Waals surface area (Å²) < 4.78 is 22.2. The Bertz CT molecular complexity index is 288. The van der Waals surface area contributed by atoms with Crippen molar-refractivity contribution in [2.75, 3.05) is 18.1 Å². The van der Waals surface area contributed by atoms with Crippen LogP contribution in [-0.2, 0) is 14.6 Å². The van der Waals surface area contributed by atoms with E-state index < -0.39 is 15.9 Å². The van der Waals surface area contributed by atoms with Crippen LogP contribution in [0.2, 0.25) is 0 Å². The van der Waals surface area contributed by atoms with Gasteiger partial charge in [0.15, 0.2) is 9.84 Å². The second kappa shape index (κ2) is 6.79. The van der Waals surface area contributed by atoms with Crippen LogP contribution in [0.1, 0.15) is 26.7 Å². The van der Waals surface area contributed by atoms with E-state index in [0.29, 0.717) is 6.42 Å². The molecule has 90 valence electrons. The molecule has 0 aliphatic carbocycles. The lowest BCUT2D eigenvalue weighted by Gasteiger charge is -2.10. The van der Waals surface area contributed by atoms with Crippen molar-refractivity contribution in [3.05, 3.63) is 0 Å². The van der Waals surface area contributed by atoms with Crippen LogP contribution in [0, 0.1) is 0 Å². The zero-order chi connectivity index (χ0) is 11.9. The highest BCUT2D eigenvalue weighted by Crippen LogP contribution is 1.93. The summed E-state index contributed by atoms with van der Waals surface area (Å²) in [5, 5.41) is 2.51. The number of rotatable bonds is 7. The van der Waals surface area contributed by atoms with Crippen molar-refractivity contribution in [2.24, 2.45) is 5.73 Å². The van der Waals surface area contributed by atoms with Crippen molar-refractivity contribution in [1.82, 2.24) is 5.32 Å². The van der Waals surface area contributed by atoms with E-state index in [1.165, 1.54) is 0 Å². The second-order valence-corrected chi connectivity index (χ2v) is 5.90. The van der Waals surface area contributed by atoms with E-state index in [1.807, 2.05) is 6.92 Å². The van der Waals surface area contributed by atoms with Gasteiger partial charge < -0.3 is 11.1 Å². The third-order valence-corrected chi connectivity index (χ3v) is 3.79. The van der Waals surface area contributed by atoms with Crippen LogP contribution in [0.4, 0.5) is 0 Å². The first-order valence-corrected chi connectivity index (χ1v) is 6.98. The van der Waals surface area contributed by atoms with Crippen molar-refractivity contribution in [1.29, 1.82) is 0 Å². The zero-order valence-corrected chi connectivity index (χ0v) is 10.1. The number of hydrogen-bond donors (Lipinski definition) is 2. The van der Waals surface area contributed by atoms with E-state index in [-0.39, 0.29) is 24.0 Å². The molecule has 3 N–H and O–H groups in total. The Kier molecular flexibility index (Phi) is 6.51. The largest absolute Gasteiger partial charge is 0.354 e. The number of carbonyl (C=O) groups is 1. The van der Waals surface area contributed by atoms with Crippen molar-refractivity contribution in [3.63, 3.8) is 0 Å². The van der Waals surface area contributed by atoms with Gasteiger partial charge in [0, 0.05) is 12.3 Å². The highest BCUT2D eigenvalue weighted by Gasteiger charge is 2.13. The van der Waals surface area contributed by atoms with Crippen molar-refractivity contribution in [3.8, 4) is 0 Å². The topological polar surface area (TPSA) is 89.3 Å². The molecule has 0 aromatic rings. The minimum Gasteiger partial charge on any atom is -0.354 e. The van der Waals surface area contributed by atoms with Gasteiger partial charge in [-0.25, -0.2) is 8.42 Å². The molecule has 0 rings (SSSR count). The lowest BCUT2D eigenvalue weighted by atomic mass is 10.2. The summed E-state index contributed by atoms with van der Waals surface area (Å²) in [6, 6.07) is -0.528. The molecule has 0 unspecified atom stereocenters. The summed E-state index contributed by atoms with van der Waals surface area (Å²) >= 11 is 0. The summed E-state index contributed by atoms with van der Waals surface area (Å²) in [5.41, 5.74) is 5.55. The number of nitrogens with one attached hydrogen (secondary N) is 1. The Hall–Kier alpha value is -0.620. The van der Waals surface area contributed by atoms with Gasteiger partial charge in [-0.2, -0.15) is 0 Å². The van der Waals surface area contributed by atoms with E-state index >= 15 is 0 Å². The average Bonchev–Trinajstić information content (AvgIpc) is 2.18. The lowest BCUT2D eigenvalue weighted by molar-refractivity contribution is -0.122. The van der Waals surface area contributed by atoms with Crippen LogP contribution >= 0.6 is 0 Å². The maximum absolute atomic E-state index is 11.3. The number of sulfone groups is 1. The van der Waals surface area contributed by atoms with Crippen LogP contribution in [0.15, 0.2) is 0 Å². The van der Waals surface area contributed by atoms with Gasteiger partial charge in [0.05, 0.1) is 11.8 Å². The maximum atomic E-state index is 11.3. The summed E-state index contributed by atoms with van der Waals surface area (Å²) in [5.74, 6) is -0.194. The molecule has 0 aromatic heterocycles. The van der Waals surface area contributed by atoms with Gasteiger partial charge in [-0.05, 0) is 6.42 Å². The highest BCUT2D eigenvalue weighted by atomic mass is 32.2. The Balaban J connectivity index is 3.82.